The van der Waals surface area contributed by atoms with Crippen LogP contribution in [-0.4, -0.2) is 10.1 Å². The molecule has 1 heterocycles. The van der Waals surface area contributed by atoms with Gasteiger partial charge < -0.3 is 15.4 Å². The predicted molar refractivity (Wildman–Crippen MR) is 83.2 cm³/mol. The van der Waals surface area contributed by atoms with Gasteiger partial charge in [0, 0.05) is 34.9 Å². The van der Waals surface area contributed by atoms with E-state index in [-0.39, 0.29) is 0 Å². The lowest BCUT2D eigenvalue weighted by Crippen LogP contribution is -2.01. The zero-order valence-corrected chi connectivity index (χ0v) is 11.7. The first-order valence-electron chi connectivity index (χ1n) is 6.75. The van der Waals surface area contributed by atoms with Crippen LogP contribution in [0, 0.1) is 13.8 Å². The molecule has 0 fully saturated rings. The summed E-state index contributed by atoms with van der Waals surface area (Å²) < 4.78 is 0. The molecule has 0 aliphatic rings. The summed E-state index contributed by atoms with van der Waals surface area (Å²) in [6, 6.07) is 12.3. The monoisotopic (exact) mass is 266 g/mol. The Bertz CT molecular complexity index is 759. The number of rotatable bonds is 3. The lowest BCUT2D eigenvalue weighted by atomic mass is 10.1. The summed E-state index contributed by atoms with van der Waals surface area (Å²) in [5.41, 5.74) is 5.16. The average Bonchev–Trinajstić information content (AvgIpc) is 2.93. The fourth-order valence-corrected chi connectivity index (χ4v) is 2.52. The van der Waals surface area contributed by atoms with Gasteiger partial charge in [-0.3, -0.25) is 0 Å². The number of aryl methyl sites for hydroxylation is 1. The molecule has 0 radical (unpaired) electrons. The maximum Gasteiger partial charge on any atom is 0.123 e. The molecule has 1 aromatic heterocycles. The minimum absolute atomic E-state index is 0.370. The van der Waals surface area contributed by atoms with Crippen LogP contribution in [-0.2, 0) is 6.54 Å². The first-order chi connectivity index (χ1) is 9.66. The quantitative estimate of drug-likeness (QED) is 0.668. The summed E-state index contributed by atoms with van der Waals surface area (Å²) in [6.07, 6.45) is 1.96. The molecule has 0 aliphatic carbocycles. The van der Waals surface area contributed by atoms with Crippen molar-refractivity contribution < 1.29 is 5.11 Å². The van der Waals surface area contributed by atoms with E-state index in [1.54, 1.807) is 0 Å². The molecule has 0 spiro atoms. The van der Waals surface area contributed by atoms with Gasteiger partial charge >= 0.3 is 0 Å². The summed E-state index contributed by atoms with van der Waals surface area (Å²) in [5, 5.41) is 14.6. The Hall–Kier alpha value is -2.42. The third kappa shape index (κ3) is 2.11. The van der Waals surface area contributed by atoms with Crippen molar-refractivity contribution in [1.29, 1.82) is 0 Å². The van der Waals surface area contributed by atoms with Gasteiger partial charge in [0.15, 0.2) is 0 Å². The molecule has 3 rings (SSSR count). The molecule has 0 aliphatic heterocycles. The lowest BCUT2D eigenvalue weighted by Gasteiger charge is -2.13. The number of hydrogen-bond donors (Lipinski definition) is 3. The van der Waals surface area contributed by atoms with E-state index in [2.05, 4.69) is 34.6 Å². The molecule has 0 unspecified atom stereocenters. The van der Waals surface area contributed by atoms with E-state index in [9.17, 15) is 5.11 Å². The van der Waals surface area contributed by atoms with Crippen LogP contribution in [0.5, 0.6) is 5.75 Å². The Kier molecular flexibility index (Phi) is 3.11. The van der Waals surface area contributed by atoms with Crippen molar-refractivity contribution in [3.8, 4) is 5.75 Å². The van der Waals surface area contributed by atoms with Crippen LogP contribution in [0.1, 0.15) is 16.7 Å². The van der Waals surface area contributed by atoms with E-state index in [1.807, 2.05) is 32.2 Å². The fourth-order valence-electron chi connectivity index (χ4n) is 2.52. The molecule has 2 aromatic carbocycles. The lowest BCUT2D eigenvalue weighted by molar-refractivity contribution is 0.467. The number of H-pyrrole nitrogens is 1. The molecule has 3 aromatic rings. The number of fused-ring (bicyclic) bond motifs is 1. The van der Waals surface area contributed by atoms with Gasteiger partial charge in [0.2, 0.25) is 0 Å². The number of hydrogen-bond acceptors (Lipinski definition) is 2. The Morgan fingerprint density at radius 3 is 2.80 bits per heavy atom. The summed E-state index contributed by atoms with van der Waals surface area (Å²) in [4.78, 5) is 3.22. The Morgan fingerprint density at radius 2 is 1.95 bits per heavy atom. The number of nitrogens with one attached hydrogen (secondary N) is 2. The number of aromatic nitrogens is 1. The fraction of sp³-hybridized carbons (Fsp3) is 0.176. The maximum absolute atomic E-state index is 9.98. The SMILES string of the molecule is Cc1ccc(NCc2cccc3[nH]ccc23)c(C)c1O. The van der Waals surface area contributed by atoms with Crippen molar-refractivity contribution in [1.82, 2.24) is 4.98 Å². The molecule has 0 atom stereocenters. The number of phenols is 1. The van der Waals surface area contributed by atoms with Gasteiger partial charge in [-0.15, -0.1) is 0 Å². The Labute approximate surface area is 118 Å². The largest absolute Gasteiger partial charge is 0.507 e. The van der Waals surface area contributed by atoms with Gasteiger partial charge in [0.05, 0.1) is 0 Å². The number of aromatic hydroxyl groups is 1. The van der Waals surface area contributed by atoms with Gasteiger partial charge in [0.1, 0.15) is 5.75 Å². The summed E-state index contributed by atoms with van der Waals surface area (Å²) in [5.74, 6) is 0.370. The van der Waals surface area contributed by atoms with Crippen molar-refractivity contribution in [3.05, 3.63) is 59.3 Å². The zero-order valence-electron chi connectivity index (χ0n) is 11.7. The highest BCUT2D eigenvalue weighted by Gasteiger charge is 2.07. The first kappa shape index (κ1) is 12.6. The van der Waals surface area contributed by atoms with Gasteiger partial charge in [-0.05, 0) is 43.2 Å². The number of benzene rings is 2. The van der Waals surface area contributed by atoms with Gasteiger partial charge in [-0.1, -0.05) is 18.2 Å². The van der Waals surface area contributed by atoms with E-state index >= 15 is 0 Å². The molecule has 3 N–H and O–H groups in total. The molecular weight excluding hydrogens is 248 g/mol. The van der Waals surface area contributed by atoms with Crippen LogP contribution in [0.25, 0.3) is 10.9 Å². The van der Waals surface area contributed by atoms with Crippen LogP contribution in [0.3, 0.4) is 0 Å². The van der Waals surface area contributed by atoms with Crippen molar-refractivity contribution in [2.75, 3.05) is 5.32 Å². The maximum atomic E-state index is 9.98. The second-order valence-electron chi connectivity index (χ2n) is 5.11. The highest BCUT2D eigenvalue weighted by molar-refractivity contribution is 5.83. The van der Waals surface area contributed by atoms with E-state index < -0.39 is 0 Å². The molecule has 0 bridgehead atoms. The van der Waals surface area contributed by atoms with E-state index in [0.29, 0.717) is 5.75 Å². The molecule has 3 heteroatoms. The van der Waals surface area contributed by atoms with Crippen LogP contribution in [0.4, 0.5) is 5.69 Å². The molecule has 0 saturated heterocycles. The van der Waals surface area contributed by atoms with Crippen molar-refractivity contribution in [2.24, 2.45) is 0 Å². The molecule has 0 saturated carbocycles. The standard InChI is InChI=1S/C17H18N2O/c1-11-6-7-15(12(2)17(11)20)19-10-13-4-3-5-16-14(13)8-9-18-16/h3-9,18-20H,10H2,1-2H3. The van der Waals surface area contributed by atoms with E-state index in [0.717, 1.165) is 28.9 Å². The minimum Gasteiger partial charge on any atom is -0.507 e. The van der Waals surface area contributed by atoms with Crippen molar-refractivity contribution in [2.45, 2.75) is 20.4 Å². The summed E-state index contributed by atoms with van der Waals surface area (Å²) in [7, 11) is 0. The molecule has 3 nitrogen and oxygen atoms in total. The Morgan fingerprint density at radius 1 is 1.10 bits per heavy atom. The first-order valence-corrected chi connectivity index (χ1v) is 6.75. The average molecular weight is 266 g/mol. The summed E-state index contributed by atoms with van der Waals surface area (Å²) >= 11 is 0. The van der Waals surface area contributed by atoms with Crippen LogP contribution < -0.4 is 5.32 Å². The van der Waals surface area contributed by atoms with Crippen LogP contribution in [0.2, 0.25) is 0 Å². The third-order valence-electron chi connectivity index (χ3n) is 3.79. The minimum atomic E-state index is 0.370. The van der Waals surface area contributed by atoms with Gasteiger partial charge in [-0.2, -0.15) is 0 Å². The topological polar surface area (TPSA) is 48.0 Å². The number of anilines is 1. The molecule has 102 valence electrons. The molecule has 0 amide bonds. The number of aromatic amines is 1. The van der Waals surface area contributed by atoms with E-state index in [1.165, 1.54) is 10.9 Å². The second-order valence-corrected chi connectivity index (χ2v) is 5.11. The smallest absolute Gasteiger partial charge is 0.123 e. The van der Waals surface area contributed by atoms with Crippen LogP contribution >= 0.6 is 0 Å². The highest BCUT2D eigenvalue weighted by atomic mass is 16.3. The molecule has 20 heavy (non-hydrogen) atoms. The summed E-state index contributed by atoms with van der Waals surface area (Å²) in [6.45, 7) is 4.58. The van der Waals surface area contributed by atoms with Gasteiger partial charge in [-0.25, -0.2) is 0 Å². The third-order valence-corrected chi connectivity index (χ3v) is 3.79. The zero-order chi connectivity index (χ0) is 14.1. The van der Waals surface area contributed by atoms with E-state index in [4.69, 9.17) is 0 Å². The van der Waals surface area contributed by atoms with Crippen molar-refractivity contribution in [3.63, 3.8) is 0 Å². The normalized spacial score (nSPS) is 10.9. The highest BCUT2D eigenvalue weighted by Crippen LogP contribution is 2.28. The Balaban J connectivity index is 1.87. The van der Waals surface area contributed by atoms with Gasteiger partial charge in [0.25, 0.3) is 0 Å². The molecular formula is C17H18N2O. The predicted octanol–water partition coefficient (Wildman–Crippen LogP) is 4.10. The van der Waals surface area contributed by atoms with Crippen molar-refractivity contribution >= 4 is 16.6 Å². The van der Waals surface area contributed by atoms with Crippen LogP contribution in [0.15, 0.2) is 42.6 Å². The number of phenolic OH excluding ortho intramolecular Hbond substituents is 1. The second kappa shape index (κ2) is 4.93.